The molecule has 0 spiro atoms. The van der Waals surface area contributed by atoms with Crippen molar-refractivity contribution >= 4 is 7.85 Å². The third-order valence-corrected chi connectivity index (χ3v) is 6.29. The van der Waals surface area contributed by atoms with Crippen LogP contribution in [0, 0.1) is 23.4 Å². The molecule has 0 saturated carbocycles. The van der Waals surface area contributed by atoms with Crippen molar-refractivity contribution in [3.05, 3.63) is 77.6 Å². The summed E-state index contributed by atoms with van der Waals surface area (Å²) in [5.74, 6) is -1.76. The molecule has 2 unspecified atom stereocenters. The number of ether oxygens (including phenoxy) is 2. The van der Waals surface area contributed by atoms with Crippen molar-refractivity contribution < 1.29 is 22.6 Å². The lowest BCUT2D eigenvalue weighted by Gasteiger charge is -2.29. The van der Waals surface area contributed by atoms with Gasteiger partial charge in [-0.05, 0) is 60.1 Å². The van der Waals surface area contributed by atoms with Gasteiger partial charge in [-0.25, -0.2) is 8.78 Å². The molecule has 172 valence electrons. The van der Waals surface area contributed by atoms with E-state index in [1.165, 1.54) is 18.2 Å². The first-order valence-corrected chi connectivity index (χ1v) is 11.6. The van der Waals surface area contributed by atoms with Crippen LogP contribution in [0.2, 0.25) is 0 Å². The van der Waals surface area contributed by atoms with Gasteiger partial charge < -0.3 is 9.47 Å². The lowest BCUT2D eigenvalue weighted by molar-refractivity contribution is -0.0211. The normalized spacial score (nSPS) is 18.3. The van der Waals surface area contributed by atoms with Gasteiger partial charge in [-0.15, -0.1) is 0 Å². The zero-order chi connectivity index (χ0) is 23.4. The van der Waals surface area contributed by atoms with E-state index in [-0.39, 0.29) is 29.7 Å². The summed E-state index contributed by atoms with van der Waals surface area (Å²) in [5.41, 5.74) is 2.80. The number of hydrogen-bond donors (Lipinski definition) is 0. The van der Waals surface area contributed by atoms with Crippen molar-refractivity contribution in [2.75, 3.05) is 13.1 Å². The Morgan fingerprint density at radius 3 is 2.27 bits per heavy atom. The van der Waals surface area contributed by atoms with E-state index >= 15 is 0 Å². The number of halogens is 3. The third-order valence-electron chi connectivity index (χ3n) is 6.29. The number of rotatable bonds is 7. The molecule has 1 fully saturated rings. The zero-order valence-corrected chi connectivity index (χ0v) is 19.0. The fourth-order valence-corrected chi connectivity index (χ4v) is 4.52. The molecule has 1 saturated heterocycles. The van der Waals surface area contributed by atoms with Crippen molar-refractivity contribution in [1.82, 2.24) is 0 Å². The van der Waals surface area contributed by atoms with Gasteiger partial charge in [0.2, 0.25) is 5.82 Å². The second-order valence-corrected chi connectivity index (χ2v) is 8.54. The molecule has 0 amide bonds. The Bertz CT molecular complexity index is 1090. The number of hydrogen-bond acceptors (Lipinski definition) is 2. The second kappa shape index (κ2) is 10.5. The van der Waals surface area contributed by atoms with E-state index in [2.05, 4.69) is 6.92 Å². The monoisotopic (exact) mass is 452 g/mol. The van der Waals surface area contributed by atoms with Crippen LogP contribution >= 0.6 is 0 Å². The Morgan fingerprint density at radius 1 is 0.909 bits per heavy atom. The van der Waals surface area contributed by atoms with Crippen LogP contribution < -0.4 is 4.74 Å². The minimum Gasteiger partial charge on any atom is -0.500 e. The largest absolute Gasteiger partial charge is 0.500 e. The average molecular weight is 452 g/mol. The topological polar surface area (TPSA) is 18.5 Å². The van der Waals surface area contributed by atoms with E-state index in [0.29, 0.717) is 23.7 Å². The summed E-state index contributed by atoms with van der Waals surface area (Å²) in [4.78, 5) is 0. The van der Waals surface area contributed by atoms with Crippen LogP contribution in [0.5, 0.6) is 5.75 Å². The molecule has 1 aliphatic rings. The molecule has 0 aliphatic carbocycles. The summed E-state index contributed by atoms with van der Waals surface area (Å²) >= 11 is 0. The van der Waals surface area contributed by atoms with Crippen LogP contribution in [-0.4, -0.2) is 21.0 Å². The summed E-state index contributed by atoms with van der Waals surface area (Å²) in [6, 6.07) is 15.1. The molecular formula is C27H28BF3O2. The van der Waals surface area contributed by atoms with Gasteiger partial charge in [0.15, 0.2) is 19.4 Å². The van der Waals surface area contributed by atoms with Crippen LogP contribution in [0.15, 0.2) is 54.6 Å². The van der Waals surface area contributed by atoms with Gasteiger partial charge in [0, 0.05) is 11.1 Å². The summed E-state index contributed by atoms with van der Waals surface area (Å²) in [6.45, 7) is 3.11. The molecule has 4 rings (SSSR count). The maximum atomic E-state index is 14.9. The van der Waals surface area contributed by atoms with Crippen LogP contribution in [0.4, 0.5) is 13.2 Å². The summed E-state index contributed by atoms with van der Waals surface area (Å²) < 4.78 is 54.7. The lowest BCUT2D eigenvalue weighted by Crippen LogP contribution is -2.21. The molecule has 2 atom stereocenters. The Labute approximate surface area is 194 Å². The smallest absolute Gasteiger partial charge is 0.201 e. The Morgan fingerprint density at radius 2 is 1.64 bits per heavy atom. The molecular weight excluding hydrogens is 424 g/mol. The maximum Gasteiger partial charge on any atom is 0.201 e. The Balaban J connectivity index is 1.51. The maximum absolute atomic E-state index is 14.9. The summed E-state index contributed by atoms with van der Waals surface area (Å²) in [6.07, 6.45) is 3.98. The molecule has 33 heavy (non-hydrogen) atoms. The van der Waals surface area contributed by atoms with E-state index < -0.39 is 11.6 Å². The average Bonchev–Trinajstić information content (AvgIpc) is 2.83. The predicted molar refractivity (Wildman–Crippen MR) is 128 cm³/mol. The van der Waals surface area contributed by atoms with Gasteiger partial charge in [0.1, 0.15) is 5.82 Å². The Hall–Kier alpha value is -2.73. The fourth-order valence-electron chi connectivity index (χ4n) is 4.52. The highest BCUT2D eigenvalue weighted by Crippen LogP contribution is 2.36. The standard InChI is InChI=1S/C27H28BF3O2/c1-2-3-17-4-12-24(32-15-17)22-10-9-20(14-23(22)29)18-5-7-19(8-6-18)21-11-13-25(33-16-28)27(31)26(21)30/h5-11,13-14,17,24H,2-4,12,15-16,28H2,1H3. The van der Waals surface area contributed by atoms with Gasteiger partial charge in [0.05, 0.1) is 19.2 Å². The van der Waals surface area contributed by atoms with E-state index in [0.717, 1.165) is 36.8 Å². The molecule has 2 nitrogen and oxygen atoms in total. The summed E-state index contributed by atoms with van der Waals surface area (Å²) in [5, 5.41) is 0. The lowest BCUT2D eigenvalue weighted by atomic mass is 9.91. The fraction of sp³-hybridized carbons (Fsp3) is 0.333. The highest BCUT2D eigenvalue weighted by atomic mass is 19.2. The van der Waals surface area contributed by atoms with E-state index in [1.54, 1.807) is 38.2 Å². The van der Waals surface area contributed by atoms with Crippen LogP contribution in [-0.2, 0) is 4.74 Å². The molecule has 3 aromatic rings. The van der Waals surface area contributed by atoms with Gasteiger partial charge in [0.25, 0.3) is 0 Å². The first kappa shape index (κ1) is 23.4. The highest BCUT2D eigenvalue weighted by Gasteiger charge is 2.24. The highest BCUT2D eigenvalue weighted by molar-refractivity contribution is 6.08. The van der Waals surface area contributed by atoms with Crippen LogP contribution in [0.1, 0.15) is 44.3 Å². The zero-order valence-electron chi connectivity index (χ0n) is 19.0. The molecule has 0 aromatic heterocycles. The predicted octanol–water partition coefficient (Wildman–Crippen LogP) is 6.68. The van der Waals surface area contributed by atoms with Gasteiger partial charge >= 0.3 is 0 Å². The van der Waals surface area contributed by atoms with E-state index in [1.807, 2.05) is 6.07 Å². The summed E-state index contributed by atoms with van der Waals surface area (Å²) in [7, 11) is 1.71. The van der Waals surface area contributed by atoms with E-state index in [4.69, 9.17) is 9.47 Å². The minimum absolute atomic E-state index is 0.103. The first-order valence-electron chi connectivity index (χ1n) is 11.6. The quantitative estimate of drug-likeness (QED) is 0.373. The molecule has 3 aromatic carbocycles. The van der Waals surface area contributed by atoms with Crippen molar-refractivity contribution in [2.24, 2.45) is 5.92 Å². The van der Waals surface area contributed by atoms with Crippen molar-refractivity contribution in [2.45, 2.75) is 38.7 Å². The van der Waals surface area contributed by atoms with Gasteiger partial charge in [-0.1, -0.05) is 49.7 Å². The SMILES string of the molecule is BCOc1ccc(-c2ccc(-c3ccc(C4CCC(CCC)CO4)c(F)c3)cc2)c(F)c1F. The van der Waals surface area contributed by atoms with Gasteiger partial charge in [-0.2, -0.15) is 4.39 Å². The first-order chi connectivity index (χ1) is 16.0. The molecule has 6 heteroatoms. The molecule has 1 heterocycles. The van der Waals surface area contributed by atoms with Crippen molar-refractivity contribution in [3.63, 3.8) is 0 Å². The molecule has 0 N–H and O–H groups in total. The van der Waals surface area contributed by atoms with Gasteiger partial charge in [-0.3, -0.25) is 0 Å². The second-order valence-electron chi connectivity index (χ2n) is 8.54. The van der Waals surface area contributed by atoms with Crippen molar-refractivity contribution in [3.8, 4) is 28.0 Å². The minimum atomic E-state index is -0.998. The van der Waals surface area contributed by atoms with Crippen molar-refractivity contribution in [1.29, 1.82) is 0 Å². The molecule has 0 radical (unpaired) electrons. The van der Waals surface area contributed by atoms with Crippen LogP contribution in [0.3, 0.4) is 0 Å². The molecule has 0 bridgehead atoms. The number of benzene rings is 3. The van der Waals surface area contributed by atoms with Crippen LogP contribution in [0.25, 0.3) is 22.3 Å². The Kier molecular flexibility index (Phi) is 7.44. The molecule has 1 aliphatic heterocycles. The van der Waals surface area contributed by atoms with E-state index in [9.17, 15) is 13.2 Å². The third kappa shape index (κ3) is 5.11.